The first-order valence-electron chi connectivity index (χ1n) is 6.67. The highest BCUT2D eigenvalue weighted by Gasteiger charge is 2.04. The standard InChI is InChI=1S/C16H16FN3O2S/c17-12-3-1-11(2-4-12)16(9-13(18)10-21)20-14-5-7-15(8-6-14)23(19)22/h1-9,21H,10,18-19H2/b13-9-,20-16?. The van der Waals surface area contributed by atoms with Gasteiger partial charge in [0.1, 0.15) is 16.8 Å². The molecule has 5 nitrogen and oxygen atoms in total. The van der Waals surface area contributed by atoms with Crippen LogP contribution in [0.5, 0.6) is 0 Å². The molecule has 0 bridgehead atoms. The predicted molar refractivity (Wildman–Crippen MR) is 89.0 cm³/mol. The second kappa shape index (κ2) is 7.77. The van der Waals surface area contributed by atoms with Gasteiger partial charge in [0.15, 0.2) is 0 Å². The Bertz CT molecular complexity index is 756. The summed E-state index contributed by atoms with van der Waals surface area (Å²) in [5.74, 6) is -0.359. The highest BCUT2D eigenvalue weighted by atomic mass is 32.2. The van der Waals surface area contributed by atoms with E-state index in [2.05, 4.69) is 4.99 Å². The Morgan fingerprint density at radius 2 is 1.78 bits per heavy atom. The Morgan fingerprint density at radius 3 is 2.30 bits per heavy atom. The van der Waals surface area contributed by atoms with E-state index < -0.39 is 11.0 Å². The van der Waals surface area contributed by atoms with Crippen LogP contribution in [0.2, 0.25) is 0 Å². The number of rotatable bonds is 5. The van der Waals surface area contributed by atoms with Crippen LogP contribution in [0.1, 0.15) is 5.56 Å². The molecular formula is C16H16FN3O2S. The predicted octanol–water partition coefficient (Wildman–Crippen LogP) is 1.76. The maximum Gasteiger partial charge on any atom is 0.123 e. The SMILES string of the molecule is N/C(=C\C(=Nc1ccc(S(N)=O)cc1)c1ccc(F)cc1)CO. The van der Waals surface area contributed by atoms with Gasteiger partial charge in [-0.1, -0.05) is 0 Å². The minimum absolute atomic E-state index is 0.229. The Morgan fingerprint density at radius 1 is 1.17 bits per heavy atom. The Hall–Kier alpha value is -2.35. The van der Waals surface area contributed by atoms with Gasteiger partial charge < -0.3 is 10.8 Å². The van der Waals surface area contributed by atoms with Crippen molar-refractivity contribution in [2.24, 2.45) is 15.9 Å². The lowest BCUT2D eigenvalue weighted by atomic mass is 10.1. The van der Waals surface area contributed by atoms with Crippen LogP contribution in [0.25, 0.3) is 0 Å². The highest BCUT2D eigenvalue weighted by molar-refractivity contribution is 7.82. The highest BCUT2D eigenvalue weighted by Crippen LogP contribution is 2.17. The van der Waals surface area contributed by atoms with Gasteiger partial charge in [0.25, 0.3) is 0 Å². The molecule has 7 heteroatoms. The topological polar surface area (TPSA) is 102 Å². The zero-order chi connectivity index (χ0) is 16.8. The van der Waals surface area contributed by atoms with E-state index in [1.54, 1.807) is 36.4 Å². The number of hydrogen-bond acceptors (Lipinski definition) is 4. The summed E-state index contributed by atoms with van der Waals surface area (Å²) in [6.45, 7) is -0.314. The Labute approximate surface area is 135 Å². The lowest BCUT2D eigenvalue weighted by molar-refractivity contribution is 0.330. The number of aliphatic imine (C=N–C) groups is 1. The van der Waals surface area contributed by atoms with Crippen molar-refractivity contribution < 1.29 is 13.7 Å². The van der Waals surface area contributed by atoms with Gasteiger partial charge in [0.05, 0.1) is 22.9 Å². The Kier molecular flexibility index (Phi) is 5.75. The van der Waals surface area contributed by atoms with E-state index in [0.29, 0.717) is 21.9 Å². The monoisotopic (exact) mass is 333 g/mol. The first kappa shape index (κ1) is 17.0. The third kappa shape index (κ3) is 4.82. The molecule has 2 aromatic carbocycles. The second-order valence-corrected chi connectivity index (χ2v) is 5.74. The molecule has 0 saturated heterocycles. The largest absolute Gasteiger partial charge is 0.400 e. The fourth-order valence-electron chi connectivity index (χ4n) is 1.82. The van der Waals surface area contributed by atoms with Crippen molar-refractivity contribution in [2.75, 3.05) is 6.61 Å². The first-order valence-corrected chi connectivity index (χ1v) is 7.88. The maximum absolute atomic E-state index is 13.1. The summed E-state index contributed by atoms with van der Waals surface area (Å²) < 4.78 is 24.2. The molecule has 5 N–H and O–H groups in total. The van der Waals surface area contributed by atoms with Crippen LogP contribution in [0.15, 0.2) is 70.2 Å². The normalized spacial score (nSPS) is 13.9. The molecule has 0 heterocycles. The maximum atomic E-state index is 13.1. The van der Waals surface area contributed by atoms with Gasteiger partial charge in [-0.15, -0.1) is 0 Å². The summed E-state index contributed by atoms with van der Waals surface area (Å²) in [5, 5.41) is 14.4. The van der Waals surface area contributed by atoms with Crippen LogP contribution in [-0.4, -0.2) is 21.6 Å². The van der Waals surface area contributed by atoms with Crippen molar-refractivity contribution in [2.45, 2.75) is 4.90 Å². The smallest absolute Gasteiger partial charge is 0.123 e. The third-order valence-corrected chi connectivity index (χ3v) is 3.70. The summed E-state index contributed by atoms with van der Waals surface area (Å²) in [6.07, 6.45) is 1.52. The molecule has 0 fully saturated rings. The van der Waals surface area contributed by atoms with E-state index >= 15 is 0 Å². The van der Waals surface area contributed by atoms with Crippen LogP contribution in [0, 0.1) is 5.82 Å². The Balaban J connectivity index is 2.43. The molecule has 0 saturated carbocycles. The quantitative estimate of drug-likeness (QED) is 0.727. The van der Waals surface area contributed by atoms with Gasteiger partial charge in [-0.2, -0.15) is 0 Å². The lowest BCUT2D eigenvalue weighted by Gasteiger charge is -2.05. The van der Waals surface area contributed by atoms with Gasteiger partial charge >= 0.3 is 0 Å². The van der Waals surface area contributed by atoms with Gasteiger partial charge in [-0.3, -0.25) is 0 Å². The minimum atomic E-state index is -1.55. The summed E-state index contributed by atoms with van der Waals surface area (Å²) in [5.41, 5.74) is 7.59. The van der Waals surface area contributed by atoms with E-state index in [9.17, 15) is 8.60 Å². The summed E-state index contributed by atoms with van der Waals surface area (Å²) in [6, 6.07) is 12.3. The second-order valence-electron chi connectivity index (χ2n) is 4.67. The molecule has 0 aliphatic carbocycles. The number of aliphatic hydroxyl groups is 1. The van der Waals surface area contributed by atoms with Crippen LogP contribution in [0.4, 0.5) is 10.1 Å². The number of hydrogen-bond donors (Lipinski definition) is 3. The molecule has 120 valence electrons. The lowest BCUT2D eigenvalue weighted by Crippen LogP contribution is -2.07. The summed E-state index contributed by atoms with van der Waals surface area (Å²) in [4.78, 5) is 4.92. The number of allylic oxidation sites excluding steroid dienone is 1. The van der Waals surface area contributed by atoms with Gasteiger partial charge in [-0.25, -0.2) is 18.7 Å². The average Bonchev–Trinajstić information content (AvgIpc) is 2.55. The fraction of sp³-hybridized carbons (Fsp3) is 0.0625. The number of aliphatic hydroxyl groups excluding tert-OH is 1. The van der Waals surface area contributed by atoms with Crippen LogP contribution in [-0.2, 0) is 11.0 Å². The molecule has 2 aromatic rings. The van der Waals surface area contributed by atoms with Crippen molar-refractivity contribution >= 4 is 22.4 Å². The molecule has 23 heavy (non-hydrogen) atoms. The summed E-state index contributed by atoms with van der Waals surface area (Å²) >= 11 is 0. The molecule has 2 rings (SSSR count). The fourth-order valence-corrected chi connectivity index (χ4v) is 2.22. The van der Waals surface area contributed by atoms with E-state index in [1.165, 1.54) is 18.2 Å². The molecule has 0 aliphatic heterocycles. The summed E-state index contributed by atoms with van der Waals surface area (Å²) in [7, 11) is -1.55. The molecule has 1 unspecified atom stereocenters. The number of nitrogens with zero attached hydrogens (tertiary/aromatic N) is 1. The van der Waals surface area contributed by atoms with Crippen LogP contribution in [0.3, 0.4) is 0 Å². The molecule has 0 radical (unpaired) electrons. The third-order valence-electron chi connectivity index (χ3n) is 2.96. The van der Waals surface area contributed by atoms with E-state index in [0.717, 1.165) is 0 Å². The number of halogens is 1. The number of benzene rings is 2. The zero-order valence-corrected chi connectivity index (χ0v) is 13.0. The van der Waals surface area contributed by atoms with Gasteiger partial charge in [-0.05, 0) is 54.6 Å². The van der Waals surface area contributed by atoms with E-state index in [-0.39, 0.29) is 18.1 Å². The van der Waals surface area contributed by atoms with Crippen molar-refractivity contribution in [3.05, 3.63) is 71.7 Å². The van der Waals surface area contributed by atoms with Crippen LogP contribution < -0.4 is 10.9 Å². The van der Waals surface area contributed by atoms with Crippen molar-refractivity contribution in [1.29, 1.82) is 0 Å². The molecule has 0 aromatic heterocycles. The first-order chi connectivity index (χ1) is 11.0. The molecule has 0 spiro atoms. The zero-order valence-electron chi connectivity index (χ0n) is 12.1. The van der Waals surface area contributed by atoms with E-state index in [4.69, 9.17) is 16.0 Å². The minimum Gasteiger partial charge on any atom is -0.400 e. The van der Waals surface area contributed by atoms with Crippen molar-refractivity contribution in [1.82, 2.24) is 0 Å². The van der Waals surface area contributed by atoms with E-state index in [1.807, 2.05) is 0 Å². The van der Waals surface area contributed by atoms with Gasteiger partial charge in [0, 0.05) is 11.3 Å². The average molecular weight is 333 g/mol. The molecular weight excluding hydrogens is 317 g/mol. The number of nitrogens with two attached hydrogens (primary N) is 2. The molecule has 0 amide bonds. The van der Waals surface area contributed by atoms with Crippen molar-refractivity contribution in [3.63, 3.8) is 0 Å². The van der Waals surface area contributed by atoms with Crippen molar-refractivity contribution in [3.8, 4) is 0 Å². The van der Waals surface area contributed by atoms with Gasteiger partial charge in [0.2, 0.25) is 0 Å². The van der Waals surface area contributed by atoms with Crippen LogP contribution >= 0.6 is 0 Å². The molecule has 1 atom stereocenters. The molecule has 0 aliphatic rings.